The lowest BCUT2D eigenvalue weighted by Gasteiger charge is -2.22. The zero-order valence-corrected chi connectivity index (χ0v) is 11.9. The third-order valence-corrected chi connectivity index (χ3v) is 2.96. The first-order valence-electron chi connectivity index (χ1n) is 6.66. The molecule has 0 saturated carbocycles. The van der Waals surface area contributed by atoms with Crippen molar-refractivity contribution in [3.8, 4) is 5.75 Å². The van der Waals surface area contributed by atoms with E-state index in [9.17, 15) is 14.0 Å². The van der Waals surface area contributed by atoms with E-state index in [2.05, 4.69) is 5.32 Å². The van der Waals surface area contributed by atoms with Gasteiger partial charge in [0.25, 0.3) is 5.91 Å². The summed E-state index contributed by atoms with van der Waals surface area (Å²) in [5.41, 5.74) is 0.215. The molecule has 0 aliphatic carbocycles. The predicted octanol–water partition coefficient (Wildman–Crippen LogP) is 1.03. The number of hydrogen-bond donors (Lipinski definition) is 2. The molecule has 2 rings (SSSR count). The number of hydrogen-bond acceptors (Lipinski definition) is 5. The average Bonchev–Trinajstić information content (AvgIpc) is 2.50. The summed E-state index contributed by atoms with van der Waals surface area (Å²) in [6, 6.07) is 3.71. The van der Waals surface area contributed by atoms with E-state index in [1.807, 2.05) is 0 Å². The van der Waals surface area contributed by atoms with E-state index in [1.165, 1.54) is 19.1 Å². The van der Waals surface area contributed by atoms with Crippen molar-refractivity contribution in [2.75, 3.05) is 25.1 Å². The predicted molar refractivity (Wildman–Crippen MR) is 73.3 cm³/mol. The largest absolute Gasteiger partial charge is 0.479 e. The van der Waals surface area contributed by atoms with Crippen LogP contribution in [0.4, 0.5) is 10.1 Å². The van der Waals surface area contributed by atoms with Crippen LogP contribution in [-0.4, -0.2) is 49.0 Å². The number of carboxylic acid groups (broad SMARTS) is 1. The first-order chi connectivity index (χ1) is 10.5. The second-order valence-electron chi connectivity index (χ2n) is 4.67. The van der Waals surface area contributed by atoms with Crippen molar-refractivity contribution in [1.82, 2.24) is 0 Å². The molecule has 1 aromatic rings. The van der Waals surface area contributed by atoms with Gasteiger partial charge in [-0.3, -0.25) is 4.79 Å². The summed E-state index contributed by atoms with van der Waals surface area (Å²) < 4.78 is 29.1. The lowest BCUT2D eigenvalue weighted by molar-refractivity contribution is -0.144. The van der Waals surface area contributed by atoms with Crippen molar-refractivity contribution in [2.24, 2.45) is 0 Å². The molecule has 2 unspecified atom stereocenters. The monoisotopic (exact) mass is 313 g/mol. The molecule has 8 heteroatoms. The van der Waals surface area contributed by atoms with Gasteiger partial charge in [0, 0.05) is 11.8 Å². The Morgan fingerprint density at radius 1 is 1.45 bits per heavy atom. The number of halogens is 1. The fourth-order valence-corrected chi connectivity index (χ4v) is 1.78. The fraction of sp³-hybridized carbons (Fsp3) is 0.429. The topological polar surface area (TPSA) is 94.1 Å². The van der Waals surface area contributed by atoms with Crippen LogP contribution < -0.4 is 10.1 Å². The number of ether oxygens (including phenoxy) is 3. The zero-order chi connectivity index (χ0) is 16.1. The minimum Gasteiger partial charge on any atom is -0.479 e. The molecule has 0 radical (unpaired) electrons. The number of nitrogens with one attached hydrogen (secondary N) is 1. The van der Waals surface area contributed by atoms with Crippen LogP contribution in [0.1, 0.15) is 6.92 Å². The van der Waals surface area contributed by atoms with E-state index >= 15 is 0 Å². The first kappa shape index (κ1) is 16.2. The Balaban J connectivity index is 1.99. The van der Waals surface area contributed by atoms with E-state index in [-0.39, 0.29) is 18.0 Å². The van der Waals surface area contributed by atoms with Crippen LogP contribution in [0, 0.1) is 5.82 Å². The van der Waals surface area contributed by atoms with Crippen molar-refractivity contribution in [2.45, 2.75) is 19.1 Å². The fourth-order valence-electron chi connectivity index (χ4n) is 1.78. The number of benzene rings is 1. The van der Waals surface area contributed by atoms with Gasteiger partial charge in [0.2, 0.25) is 0 Å². The Labute approximate surface area is 126 Å². The number of amides is 1. The molecule has 1 saturated heterocycles. The standard InChI is InChI=1S/C14H16FNO6/c1-8(14(18)19)22-11-3-2-9(6-10(11)15)16-13(17)12-7-20-4-5-21-12/h2-3,6,8,12H,4-5,7H2,1H3,(H,16,17)(H,18,19). The summed E-state index contributed by atoms with van der Waals surface area (Å²) in [6.45, 7) is 2.20. The molecule has 1 aliphatic rings. The van der Waals surface area contributed by atoms with Crippen molar-refractivity contribution in [1.29, 1.82) is 0 Å². The highest BCUT2D eigenvalue weighted by Gasteiger charge is 2.23. The van der Waals surface area contributed by atoms with Crippen LogP contribution in [0.3, 0.4) is 0 Å². The smallest absolute Gasteiger partial charge is 0.344 e. The maximum atomic E-state index is 13.8. The molecule has 1 amide bonds. The van der Waals surface area contributed by atoms with E-state index in [1.54, 1.807) is 0 Å². The molecule has 1 aliphatic heterocycles. The molecule has 7 nitrogen and oxygen atoms in total. The summed E-state index contributed by atoms with van der Waals surface area (Å²) in [5, 5.41) is 11.2. The molecular formula is C14H16FNO6. The molecule has 0 aromatic heterocycles. The zero-order valence-electron chi connectivity index (χ0n) is 11.9. The maximum absolute atomic E-state index is 13.8. The lowest BCUT2D eigenvalue weighted by Crippen LogP contribution is -2.39. The molecule has 22 heavy (non-hydrogen) atoms. The van der Waals surface area contributed by atoms with Gasteiger partial charge in [0.05, 0.1) is 19.8 Å². The van der Waals surface area contributed by atoms with E-state index in [4.69, 9.17) is 19.3 Å². The van der Waals surface area contributed by atoms with Gasteiger partial charge >= 0.3 is 5.97 Å². The Kier molecular flexibility index (Phi) is 5.29. The number of rotatable bonds is 5. The van der Waals surface area contributed by atoms with Crippen molar-refractivity contribution in [3.63, 3.8) is 0 Å². The molecule has 1 heterocycles. The Morgan fingerprint density at radius 2 is 2.23 bits per heavy atom. The minimum absolute atomic E-state index is 0.144. The van der Waals surface area contributed by atoms with Crippen molar-refractivity contribution >= 4 is 17.6 Å². The van der Waals surface area contributed by atoms with Crippen LogP contribution in [0.2, 0.25) is 0 Å². The van der Waals surface area contributed by atoms with Gasteiger partial charge in [-0.2, -0.15) is 0 Å². The van der Waals surface area contributed by atoms with Gasteiger partial charge in [-0.15, -0.1) is 0 Å². The number of anilines is 1. The first-order valence-corrected chi connectivity index (χ1v) is 6.66. The van der Waals surface area contributed by atoms with Crippen LogP contribution >= 0.6 is 0 Å². The van der Waals surface area contributed by atoms with E-state index in [0.717, 1.165) is 6.07 Å². The van der Waals surface area contributed by atoms with E-state index < -0.39 is 29.9 Å². The molecule has 0 spiro atoms. The third-order valence-electron chi connectivity index (χ3n) is 2.96. The second kappa shape index (κ2) is 7.19. The Bertz CT molecular complexity index is 558. The lowest BCUT2D eigenvalue weighted by atomic mass is 10.2. The quantitative estimate of drug-likeness (QED) is 0.843. The van der Waals surface area contributed by atoms with Gasteiger partial charge < -0.3 is 24.6 Å². The van der Waals surface area contributed by atoms with Gasteiger partial charge in [-0.25, -0.2) is 9.18 Å². The third kappa shape index (κ3) is 4.15. The molecule has 0 bridgehead atoms. The molecular weight excluding hydrogens is 297 g/mol. The minimum atomic E-state index is -1.20. The number of carbonyl (C=O) groups is 2. The average molecular weight is 313 g/mol. The highest BCUT2D eigenvalue weighted by atomic mass is 19.1. The summed E-state index contributed by atoms with van der Waals surface area (Å²) in [5.74, 6) is -2.62. The number of carbonyl (C=O) groups excluding carboxylic acids is 1. The summed E-state index contributed by atoms with van der Waals surface area (Å²) in [4.78, 5) is 22.6. The summed E-state index contributed by atoms with van der Waals surface area (Å²) in [6.07, 6.45) is -1.91. The van der Waals surface area contributed by atoms with Crippen LogP contribution in [-0.2, 0) is 19.1 Å². The molecule has 1 aromatic carbocycles. The van der Waals surface area contributed by atoms with Crippen LogP contribution in [0.15, 0.2) is 18.2 Å². The highest BCUT2D eigenvalue weighted by Crippen LogP contribution is 2.22. The van der Waals surface area contributed by atoms with Gasteiger partial charge in [0.15, 0.2) is 23.8 Å². The van der Waals surface area contributed by atoms with Crippen molar-refractivity contribution in [3.05, 3.63) is 24.0 Å². The summed E-state index contributed by atoms with van der Waals surface area (Å²) in [7, 11) is 0. The summed E-state index contributed by atoms with van der Waals surface area (Å²) >= 11 is 0. The van der Waals surface area contributed by atoms with Crippen LogP contribution in [0.25, 0.3) is 0 Å². The molecule has 2 atom stereocenters. The Hall–Kier alpha value is -2.19. The maximum Gasteiger partial charge on any atom is 0.344 e. The molecule has 2 N–H and O–H groups in total. The number of aliphatic carboxylic acids is 1. The van der Waals surface area contributed by atoms with Crippen LogP contribution in [0.5, 0.6) is 5.75 Å². The Morgan fingerprint density at radius 3 is 2.82 bits per heavy atom. The highest BCUT2D eigenvalue weighted by molar-refractivity contribution is 5.94. The molecule has 1 fully saturated rings. The normalized spacial score (nSPS) is 19.3. The second-order valence-corrected chi connectivity index (χ2v) is 4.67. The van der Waals surface area contributed by atoms with Gasteiger partial charge in [-0.1, -0.05) is 0 Å². The van der Waals surface area contributed by atoms with Crippen molar-refractivity contribution < 1.29 is 33.3 Å². The van der Waals surface area contributed by atoms with Gasteiger partial charge in [-0.05, 0) is 19.1 Å². The van der Waals surface area contributed by atoms with E-state index in [0.29, 0.717) is 13.2 Å². The SMILES string of the molecule is CC(Oc1ccc(NC(=O)C2COCCO2)cc1F)C(=O)O. The molecule has 120 valence electrons. The van der Waals surface area contributed by atoms with Gasteiger partial charge in [0.1, 0.15) is 0 Å². The number of carboxylic acids is 1.